The molecule has 1 unspecified atom stereocenters. The van der Waals surface area contributed by atoms with E-state index in [1.165, 1.54) is 0 Å². The maximum Gasteiger partial charge on any atom is 0.419 e. The molecule has 4 nitrogen and oxygen atoms in total. The average molecular weight is 278 g/mol. The molecule has 1 atom stereocenters. The highest BCUT2D eigenvalue weighted by Crippen LogP contribution is 2.27. The van der Waals surface area contributed by atoms with Crippen LogP contribution in [0.1, 0.15) is 33.3 Å². The fourth-order valence-electron chi connectivity index (χ4n) is 1.23. The van der Waals surface area contributed by atoms with Crippen molar-refractivity contribution in [3.8, 4) is 0 Å². The summed E-state index contributed by atoms with van der Waals surface area (Å²) in [5.74, 6) is 0.197. The Kier molecular flexibility index (Phi) is 8.06. The fraction of sp³-hybridized carbons (Fsp3) is 0.667. The molecule has 0 radical (unpaired) electrons. The standard InChI is InChI=1S/C10H15F3N4.C2H6/c1-3-14-7(2)4-15-9-16-5-8(6-17-9)10(11,12)13;1-2/h5-7,14H,3-4H2,1-2H3,(H,15,16,17);1-2H3. The molecule has 0 aliphatic heterocycles. The van der Waals surface area contributed by atoms with Crippen LogP contribution in [0.2, 0.25) is 0 Å². The minimum atomic E-state index is -4.39. The van der Waals surface area contributed by atoms with Crippen molar-refractivity contribution in [1.82, 2.24) is 15.3 Å². The van der Waals surface area contributed by atoms with E-state index in [1.807, 2.05) is 27.7 Å². The topological polar surface area (TPSA) is 49.8 Å². The third-order valence-corrected chi connectivity index (χ3v) is 2.10. The molecule has 110 valence electrons. The predicted molar refractivity (Wildman–Crippen MR) is 70.0 cm³/mol. The molecule has 0 saturated carbocycles. The van der Waals surface area contributed by atoms with E-state index >= 15 is 0 Å². The summed E-state index contributed by atoms with van der Waals surface area (Å²) in [6.45, 7) is 9.32. The number of anilines is 1. The Hall–Kier alpha value is -1.37. The summed E-state index contributed by atoms with van der Waals surface area (Å²) >= 11 is 0. The van der Waals surface area contributed by atoms with Crippen molar-refractivity contribution >= 4 is 5.95 Å². The largest absolute Gasteiger partial charge is 0.419 e. The van der Waals surface area contributed by atoms with Gasteiger partial charge in [-0.2, -0.15) is 13.2 Å². The van der Waals surface area contributed by atoms with Gasteiger partial charge in [0.05, 0.1) is 5.56 Å². The summed E-state index contributed by atoms with van der Waals surface area (Å²) in [4.78, 5) is 7.21. The summed E-state index contributed by atoms with van der Waals surface area (Å²) in [6, 6.07) is 0.200. The number of alkyl halides is 3. The molecule has 2 N–H and O–H groups in total. The van der Waals surface area contributed by atoms with Crippen molar-refractivity contribution in [2.75, 3.05) is 18.4 Å². The van der Waals surface area contributed by atoms with Crippen LogP contribution in [0.5, 0.6) is 0 Å². The van der Waals surface area contributed by atoms with Gasteiger partial charge in [-0.15, -0.1) is 0 Å². The third-order valence-electron chi connectivity index (χ3n) is 2.10. The van der Waals surface area contributed by atoms with Crippen LogP contribution in [0.25, 0.3) is 0 Å². The number of aromatic nitrogens is 2. The molecule has 1 aromatic heterocycles. The Morgan fingerprint density at radius 2 is 1.74 bits per heavy atom. The molecule has 0 aliphatic rings. The summed E-state index contributed by atoms with van der Waals surface area (Å²) in [5, 5.41) is 6.01. The van der Waals surface area contributed by atoms with E-state index in [-0.39, 0.29) is 12.0 Å². The lowest BCUT2D eigenvalue weighted by atomic mass is 10.3. The lowest BCUT2D eigenvalue weighted by Crippen LogP contribution is -2.32. The maximum absolute atomic E-state index is 12.2. The number of hydrogen-bond acceptors (Lipinski definition) is 4. The Morgan fingerprint density at radius 1 is 1.21 bits per heavy atom. The van der Waals surface area contributed by atoms with Crippen LogP contribution in [0, 0.1) is 0 Å². The van der Waals surface area contributed by atoms with Gasteiger partial charge in [0, 0.05) is 25.0 Å². The van der Waals surface area contributed by atoms with Gasteiger partial charge in [-0.05, 0) is 13.5 Å². The van der Waals surface area contributed by atoms with E-state index in [0.29, 0.717) is 6.54 Å². The van der Waals surface area contributed by atoms with E-state index in [4.69, 9.17) is 0 Å². The number of halogens is 3. The van der Waals surface area contributed by atoms with Crippen LogP contribution in [0.15, 0.2) is 12.4 Å². The fourth-order valence-corrected chi connectivity index (χ4v) is 1.23. The van der Waals surface area contributed by atoms with E-state index in [9.17, 15) is 13.2 Å². The highest BCUT2D eigenvalue weighted by molar-refractivity contribution is 5.25. The lowest BCUT2D eigenvalue weighted by molar-refractivity contribution is -0.138. The molecule has 1 aromatic rings. The summed E-state index contributed by atoms with van der Waals surface area (Å²) in [5.41, 5.74) is -0.845. The second kappa shape index (κ2) is 8.68. The van der Waals surface area contributed by atoms with Crippen LogP contribution in [0.4, 0.5) is 19.1 Å². The molecule has 0 aromatic carbocycles. The second-order valence-electron chi connectivity index (χ2n) is 3.63. The van der Waals surface area contributed by atoms with Gasteiger partial charge >= 0.3 is 6.18 Å². The van der Waals surface area contributed by atoms with E-state index < -0.39 is 11.7 Å². The summed E-state index contributed by atoms with van der Waals surface area (Å²) in [7, 11) is 0. The molecular weight excluding hydrogens is 257 g/mol. The number of nitrogens with one attached hydrogen (secondary N) is 2. The van der Waals surface area contributed by atoms with E-state index in [2.05, 4.69) is 20.6 Å². The molecule has 0 aliphatic carbocycles. The minimum Gasteiger partial charge on any atom is -0.353 e. The van der Waals surface area contributed by atoms with Crippen molar-refractivity contribution < 1.29 is 13.2 Å². The van der Waals surface area contributed by atoms with Gasteiger partial charge in [-0.3, -0.25) is 0 Å². The van der Waals surface area contributed by atoms with Gasteiger partial charge in [0.2, 0.25) is 5.95 Å². The monoisotopic (exact) mass is 278 g/mol. The molecule has 7 heteroatoms. The van der Waals surface area contributed by atoms with Crippen LogP contribution in [-0.2, 0) is 6.18 Å². The summed E-state index contributed by atoms with van der Waals surface area (Å²) < 4.78 is 36.7. The Labute approximate surface area is 111 Å². The molecule has 1 heterocycles. The Balaban J connectivity index is 0.00000154. The van der Waals surface area contributed by atoms with Gasteiger partial charge in [-0.25, -0.2) is 9.97 Å². The number of rotatable bonds is 5. The zero-order valence-corrected chi connectivity index (χ0v) is 11.7. The number of hydrogen-bond donors (Lipinski definition) is 2. The van der Waals surface area contributed by atoms with Gasteiger partial charge in [0.25, 0.3) is 0 Å². The SMILES string of the molecule is CC.CCNC(C)CNc1ncc(C(F)(F)F)cn1. The van der Waals surface area contributed by atoms with Crippen LogP contribution >= 0.6 is 0 Å². The summed E-state index contributed by atoms with van der Waals surface area (Å²) in [6.07, 6.45) is -2.85. The van der Waals surface area contributed by atoms with Crippen molar-refractivity contribution in [3.05, 3.63) is 18.0 Å². The van der Waals surface area contributed by atoms with Crippen molar-refractivity contribution in [3.63, 3.8) is 0 Å². The first-order valence-electron chi connectivity index (χ1n) is 6.30. The quantitative estimate of drug-likeness (QED) is 0.869. The Bertz CT molecular complexity index is 338. The van der Waals surface area contributed by atoms with Crippen LogP contribution in [0.3, 0.4) is 0 Å². The normalized spacial score (nSPS) is 12.4. The van der Waals surface area contributed by atoms with Gasteiger partial charge < -0.3 is 10.6 Å². The molecular formula is C12H21F3N4. The predicted octanol–water partition coefficient (Wildman–Crippen LogP) is 2.93. The molecule has 0 amide bonds. The van der Waals surface area contributed by atoms with Crippen molar-refractivity contribution in [2.45, 2.75) is 39.9 Å². The first kappa shape index (κ1) is 17.6. The second-order valence-corrected chi connectivity index (χ2v) is 3.63. The van der Waals surface area contributed by atoms with E-state index in [0.717, 1.165) is 18.9 Å². The number of likely N-dealkylation sites (N-methyl/N-ethyl adjacent to an activating group) is 1. The lowest BCUT2D eigenvalue weighted by Gasteiger charge is -2.13. The van der Waals surface area contributed by atoms with Crippen LogP contribution in [-0.4, -0.2) is 29.1 Å². The van der Waals surface area contributed by atoms with Gasteiger partial charge in [0.15, 0.2) is 0 Å². The minimum absolute atomic E-state index is 0.197. The highest BCUT2D eigenvalue weighted by atomic mass is 19.4. The number of nitrogens with zero attached hydrogens (tertiary/aromatic N) is 2. The van der Waals surface area contributed by atoms with Crippen molar-refractivity contribution in [1.29, 1.82) is 0 Å². The van der Waals surface area contributed by atoms with Gasteiger partial charge in [0.1, 0.15) is 0 Å². The smallest absolute Gasteiger partial charge is 0.353 e. The highest BCUT2D eigenvalue weighted by Gasteiger charge is 2.31. The van der Waals surface area contributed by atoms with Gasteiger partial charge in [-0.1, -0.05) is 20.8 Å². The third kappa shape index (κ3) is 6.95. The molecule has 1 rings (SSSR count). The molecule has 0 fully saturated rings. The molecule has 0 saturated heterocycles. The average Bonchev–Trinajstić information content (AvgIpc) is 2.38. The Morgan fingerprint density at radius 3 is 2.16 bits per heavy atom. The first-order chi connectivity index (χ1) is 8.93. The molecule has 0 bridgehead atoms. The first-order valence-corrected chi connectivity index (χ1v) is 6.30. The van der Waals surface area contributed by atoms with Crippen LogP contribution < -0.4 is 10.6 Å². The molecule has 19 heavy (non-hydrogen) atoms. The maximum atomic E-state index is 12.2. The molecule has 0 spiro atoms. The zero-order valence-electron chi connectivity index (χ0n) is 11.7. The van der Waals surface area contributed by atoms with Crippen molar-refractivity contribution in [2.24, 2.45) is 0 Å². The van der Waals surface area contributed by atoms with E-state index in [1.54, 1.807) is 0 Å². The zero-order chi connectivity index (χ0) is 14.9.